The minimum absolute atomic E-state index is 0.0913. The zero-order valence-corrected chi connectivity index (χ0v) is 10.8. The van der Waals surface area contributed by atoms with Crippen LogP contribution in [0.3, 0.4) is 0 Å². The Labute approximate surface area is 111 Å². The largest absolute Gasteiger partial charge is 0.506 e. The van der Waals surface area contributed by atoms with Crippen LogP contribution < -0.4 is 5.32 Å². The van der Waals surface area contributed by atoms with E-state index in [0.717, 1.165) is 18.5 Å². The maximum Gasteiger partial charge on any atom is 0.224 e. The summed E-state index contributed by atoms with van der Waals surface area (Å²) in [5, 5.41) is 12.3. The number of aromatic nitrogens is 2. The van der Waals surface area contributed by atoms with Gasteiger partial charge in [0, 0.05) is 25.4 Å². The number of benzene rings is 1. The van der Waals surface area contributed by atoms with Gasteiger partial charge < -0.3 is 15.0 Å². The van der Waals surface area contributed by atoms with Crippen LogP contribution in [0.5, 0.6) is 5.75 Å². The van der Waals surface area contributed by atoms with Crippen molar-refractivity contribution in [3.8, 4) is 5.75 Å². The van der Waals surface area contributed by atoms with Gasteiger partial charge in [0.2, 0.25) is 5.91 Å². The lowest BCUT2D eigenvalue weighted by Gasteiger charge is -2.08. The van der Waals surface area contributed by atoms with E-state index >= 15 is 0 Å². The molecule has 19 heavy (non-hydrogen) atoms. The summed E-state index contributed by atoms with van der Waals surface area (Å²) in [6.45, 7) is 2.67. The highest BCUT2D eigenvalue weighted by molar-refractivity contribution is 5.92. The van der Waals surface area contributed by atoms with Crippen LogP contribution >= 0.6 is 0 Å². The fourth-order valence-electron chi connectivity index (χ4n) is 1.80. The summed E-state index contributed by atoms with van der Waals surface area (Å²) in [4.78, 5) is 15.7. The number of imidazole rings is 1. The maximum atomic E-state index is 11.8. The van der Waals surface area contributed by atoms with Crippen LogP contribution in [-0.4, -0.2) is 20.6 Å². The monoisotopic (exact) mass is 259 g/mol. The van der Waals surface area contributed by atoms with E-state index in [1.165, 1.54) is 0 Å². The third-order valence-electron chi connectivity index (χ3n) is 2.81. The zero-order valence-electron chi connectivity index (χ0n) is 10.8. The number of carbonyl (C=O) groups is 1. The van der Waals surface area contributed by atoms with Crippen LogP contribution in [0.4, 0.5) is 5.69 Å². The molecule has 1 heterocycles. The van der Waals surface area contributed by atoms with Gasteiger partial charge in [-0.05, 0) is 31.0 Å². The van der Waals surface area contributed by atoms with Gasteiger partial charge in [0.05, 0.1) is 12.0 Å². The van der Waals surface area contributed by atoms with E-state index in [0.29, 0.717) is 12.1 Å². The third kappa shape index (κ3) is 3.84. The lowest BCUT2D eigenvalue weighted by atomic mass is 10.2. The molecule has 0 aliphatic heterocycles. The van der Waals surface area contributed by atoms with E-state index in [1.807, 2.05) is 17.7 Å². The normalized spacial score (nSPS) is 10.4. The van der Waals surface area contributed by atoms with Crippen molar-refractivity contribution >= 4 is 11.6 Å². The number of phenolic OH excluding ortho intramolecular Hbond substituents is 1. The molecule has 5 nitrogen and oxygen atoms in total. The van der Waals surface area contributed by atoms with Crippen LogP contribution in [0.15, 0.2) is 36.9 Å². The summed E-state index contributed by atoms with van der Waals surface area (Å²) in [5.41, 5.74) is 1.46. The Bertz CT molecular complexity index is 550. The van der Waals surface area contributed by atoms with Crippen molar-refractivity contribution in [3.05, 3.63) is 42.5 Å². The van der Waals surface area contributed by atoms with E-state index < -0.39 is 0 Å². The Balaban J connectivity index is 1.82. The second-order valence-electron chi connectivity index (χ2n) is 4.47. The van der Waals surface area contributed by atoms with Crippen molar-refractivity contribution in [3.63, 3.8) is 0 Å². The molecule has 1 aromatic heterocycles. The first kappa shape index (κ1) is 13.1. The van der Waals surface area contributed by atoms with Crippen molar-refractivity contribution in [1.82, 2.24) is 9.55 Å². The SMILES string of the molecule is Cc1ccc(O)c(NC(=O)CCCn2ccnc2)c1. The molecule has 0 atom stereocenters. The average molecular weight is 259 g/mol. The number of nitrogens with one attached hydrogen (secondary N) is 1. The highest BCUT2D eigenvalue weighted by atomic mass is 16.3. The van der Waals surface area contributed by atoms with E-state index in [4.69, 9.17) is 0 Å². The summed E-state index contributed by atoms with van der Waals surface area (Å²) in [6, 6.07) is 5.13. The minimum atomic E-state index is -0.0963. The highest BCUT2D eigenvalue weighted by Crippen LogP contribution is 2.23. The Morgan fingerprint density at radius 3 is 3.05 bits per heavy atom. The first-order valence-corrected chi connectivity index (χ1v) is 6.20. The molecule has 0 saturated carbocycles. The molecule has 100 valence electrons. The molecule has 0 bridgehead atoms. The van der Waals surface area contributed by atoms with Gasteiger partial charge in [0.15, 0.2) is 0 Å². The third-order valence-corrected chi connectivity index (χ3v) is 2.81. The number of phenols is 1. The smallest absolute Gasteiger partial charge is 0.224 e. The lowest BCUT2D eigenvalue weighted by molar-refractivity contribution is -0.116. The topological polar surface area (TPSA) is 67.2 Å². The van der Waals surface area contributed by atoms with Gasteiger partial charge >= 0.3 is 0 Å². The summed E-state index contributed by atoms with van der Waals surface area (Å²) >= 11 is 0. The molecule has 0 aliphatic carbocycles. The molecule has 0 saturated heterocycles. The van der Waals surface area contributed by atoms with Gasteiger partial charge in [-0.25, -0.2) is 4.98 Å². The molecule has 0 unspecified atom stereocenters. The Morgan fingerprint density at radius 1 is 1.47 bits per heavy atom. The number of hydrogen-bond acceptors (Lipinski definition) is 3. The standard InChI is InChI=1S/C14H17N3O2/c1-11-4-5-13(18)12(9-11)16-14(19)3-2-7-17-8-6-15-10-17/h4-6,8-10,18H,2-3,7H2,1H3,(H,16,19). The Morgan fingerprint density at radius 2 is 2.32 bits per heavy atom. The average Bonchev–Trinajstić information content (AvgIpc) is 2.87. The highest BCUT2D eigenvalue weighted by Gasteiger charge is 2.06. The van der Waals surface area contributed by atoms with E-state index in [1.54, 1.807) is 30.7 Å². The maximum absolute atomic E-state index is 11.8. The van der Waals surface area contributed by atoms with Gasteiger partial charge in [-0.1, -0.05) is 6.07 Å². The predicted octanol–water partition coefficient (Wildman–Crippen LogP) is 2.32. The number of nitrogens with zero attached hydrogens (tertiary/aromatic N) is 2. The summed E-state index contributed by atoms with van der Waals surface area (Å²) in [6.07, 6.45) is 6.44. The number of hydrogen-bond donors (Lipinski definition) is 2. The van der Waals surface area contributed by atoms with Crippen molar-refractivity contribution < 1.29 is 9.90 Å². The Hall–Kier alpha value is -2.30. The molecular formula is C14H17N3O2. The molecule has 5 heteroatoms. The van der Waals surface area contributed by atoms with E-state index in [2.05, 4.69) is 10.3 Å². The Kier molecular flexibility index (Phi) is 4.18. The first-order valence-electron chi connectivity index (χ1n) is 6.20. The molecule has 1 amide bonds. The summed E-state index contributed by atoms with van der Waals surface area (Å²) in [5.74, 6) is -0.00502. The molecule has 0 fully saturated rings. The molecule has 0 radical (unpaired) electrons. The predicted molar refractivity (Wildman–Crippen MR) is 72.9 cm³/mol. The molecule has 2 aromatic rings. The fourth-order valence-corrected chi connectivity index (χ4v) is 1.80. The quantitative estimate of drug-likeness (QED) is 0.810. The van der Waals surface area contributed by atoms with Crippen LogP contribution in [0.25, 0.3) is 0 Å². The summed E-state index contributed by atoms with van der Waals surface area (Å²) < 4.78 is 1.93. The minimum Gasteiger partial charge on any atom is -0.506 e. The van der Waals surface area contributed by atoms with Crippen molar-refractivity contribution in [2.45, 2.75) is 26.3 Å². The van der Waals surface area contributed by atoms with Crippen LogP contribution in [0, 0.1) is 6.92 Å². The number of amides is 1. The number of rotatable bonds is 5. The molecule has 0 spiro atoms. The van der Waals surface area contributed by atoms with Gasteiger partial charge in [-0.2, -0.15) is 0 Å². The number of aromatic hydroxyl groups is 1. The zero-order chi connectivity index (χ0) is 13.7. The van der Waals surface area contributed by atoms with Crippen molar-refractivity contribution in [1.29, 1.82) is 0 Å². The number of aryl methyl sites for hydroxylation is 2. The fraction of sp³-hybridized carbons (Fsp3) is 0.286. The van der Waals surface area contributed by atoms with Gasteiger partial charge in [-0.15, -0.1) is 0 Å². The number of carbonyl (C=O) groups excluding carboxylic acids is 1. The first-order chi connectivity index (χ1) is 9.15. The molecule has 1 aromatic carbocycles. The van der Waals surface area contributed by atoms with E-state index in [9.17, 15) is 9.90 Å². The van der Waals surface area contributed by atoms with E-state index in [-0.39, 0.29) is 11.7 Å². The second kappa shape index (κ2) is 6.04. The second-order valence-corrected chi connectivity index (χ2v) is 4.47. The number of anilines is 1. The molecule has 0 aliphatic rings. The van der Waals surface area contributed by atoms with Crippen LogP contribution in [-0.2, 0) is 11.3 Å². The van der Waals surface area contributed by atoms with Gasteiger partial charge in [0.25, 0.3) is 0 Å². The molecule has 2 rings (SSSR count). The molecule has 2 N–H and O–H groups in total. The van der Waals surface area contributed by atoms with Crippen LogP contribution in [0.2, 0.25) is 0 Å². The van der Waals surface area contributed by atoms with Crippen molar-refractivity contribution in [2.75, 3.05) is 5.32 Å². The van der Waals surface area contributed by atoms with Gasteiger partial charge in [-0.3, -0.25) is 4.79 Å². The van der Waals surface area contributed by atoms with Gasteiger partial charge in [0.1, 0.15) is 5.75 Å². The summed E-state index contributed by atoms with van der Waals surface area (Å²) in [7, 11) is 0. The van der Waals surface area contributed by atoms with Crippen molar-refractivity contribution in [2.24, 2.45) is 0 Å². The lowest BCUT2D eigenvalue weighted by Crippen LogP contribution is -2.12. The molecular weight excluding hydrogens is 242 g/mol. The van der Waals surface area contributed by atoms with Crippen LogP contribution in [0.1, 0.15) is 18.4 Å².